The Bertz CT molecular complexity index is 356. The first-order valence-corrected chi connectivity index (χ1v) is 6.30. The molecule has 2 rings (SSSR count). The molecule has 1 fully saturated rings. The number of hydrogen-bond donors (Lipinski definition) is 1. The van der Waals surface area contributed by atoms with E-state index in [1.807, 2.05) is 6.92 Å². The second kappa shape index (κ2) is 5.14. The Balaban J connectivity index is 1.91. The molecule has 5 heteroatoms. The van der Waals surface area contributed by atoms with Gasteiger partial charge in [-0.15, -0.1) is 10.2 Å². The monoisotopic (exact) mass is 239 g/mol. The van der Waals surface area contributed by atoms with Crippen molar-refractivity contribution in [2.24, 2.45) is 0 Å². The summed E-state index contributed by atoms with van der Waals surface area (Å²) in [6.07, 6.45) is 2.78. The first-order chi connectivity index (χ1) is 8.10. The third kappa shape index (κ3) is 3.04. The van der Waals surface area contributed by atoms with Crippen molar-refractivity contribution in [3.8, 4) is 0 Å². The van der Waals surface area contributed by atoms with Gasteiger partial charge in [-0.25, -0.2) is 0 Å². The van der Waals surface area contributed by atoms with Gasteiger partial charge in [0.2, 0.25) is 11.8 Å². The minimum atomic E-state index is -0.364. The summed E-state index contributed by atoms with van der Waals surface area (Å²) in [5, 5.41) is 11.5. The van der Waals surface area contributed by atoms with Crippen molar-refractivity contribution >= 4 is 0 Å². The van der Waals surface area contributed by atoms with Crippen LogP contribution in [0.3, 0.4) is 0 Å². The maximum atomic E-state index is 5.67. The molecule has 0 amide bonds. The number of nitrogens with zero attached hydrogens (tertiary/aromatic N) is 2. The summed E-state index contributed by atoms with van der Waals surface area (Å²) < 4.78 is 11.3. The highest BCUT2D eigenvalue weighted by molar-refractivity contribution is 4.98. The standard InChI is InChI=1S/C12H21N3O2/c1-9(2)13-7-5-10-14-15-11(17-10)12(3)6-4-8-16-12/h9,13H,4-8H2,1-3H3. The molecule has 1 atom stereocenters. The lowest BCUT2D eigenvalue weighted by Crippen LogP contribution is -2.25. The highest BCUT2D eigenvalue weighted by Crippen LogP contribution is 2.34. The highest BCUT2D eigenvalue weighted by Gasteiger charge is 2.37. The summed E-state index contributed by atoms with van der Waals surface area (Å²) in [7, 11) is 0. The number of nitrogens with one attached hydrogen (secondary N) is 1. The molecule has 0 aromatic carbocycles. The SMILES string of the molecule is CC(C)NCCc1nnc(C2(C)CCCO2)o1. The van der Waals surface area contributed by atoms with E-state index in [-0.39, 0.29) is 5.60 Å². The summed E-state index contributed by atoms with van der Waals surface area (Å²) in [6.45, 7) is 7.89. The second-order valence-corrected chi connectivity index (χ2v) is 5.04. The molecule has 1 saturated heterocycles. The third-order valence-electron chi connectivity index (χ3n) is 3.03. The third-order valence-corrected chi connectivity index (χ3v) is 3.03. The number of aromatic nitrogens is 2. The Morgan fingerprint density at radius 2 is 2.24 bits per heavy atom. The van der Waals surface area contributed by atoms with Gasteiger partial charge < -0.3 is 14.5 Å². The lowest BCUT2D eigenvalue weighted by atomic mass is 10.0. The highest BCUT2D eigenvalue weighted by atomic mass is 16.5. The molecule has 0 saturated carbocycles. The Hall–Kier alpha value is -0.940. The van der Waals surface area contributed by atoms with Gasteiger partial charge in [0.15, 0.2) is 0 Å². The lowest BCUT2D eigenvalue weighted by molar-refractivity contribution is -0.00613. The molecule has 17 heavy (non-hydrogen) atoms. The van der Waals surface area contributed by atoms with Crippen LogP contribution in [0.25, 0.3) is 0 Å². The minimum Gasteiger partial charge on any atom is -0.422 e. The van der Waals surface area contributed by atoms with Crippen LogP contribution in [0.15, 0.2) is 4.42 Å². The zero-order valence-electron chi connectivity index (χ0n) is 10.8. The summed E-state index contributed by atoms with van der Waals surface area (Å²) in [4.78, 5) is 0. The number of rotatable bonds is 5. The molecule has 0 radical (unpaired) electrons. The number of hydrogen-bond acceptors (Lipinski definition) is 5. The van der Waals surface area contributed by atoms with E-state index < -0.39 is 0 Å². The molecule has 1 aliphatic rings. The maximum absolute atomic E-state index is 5.67. The minimum absolute atomic E-state index is 0.364. The van der Waals surface area contributed by atoms with Gasteiger partial charge in [-0.3, -0.25) is 0 Å². The van der Waals surface area contributed by atoms with E-state index in [0.717, 1.165) is 32.4 Å². The van der Waals surface area contributed by atoms with Gasteiger partial charge in [0.25, 0.3) is 0 Å². The average molecular weight is 239 g/mol. The summed E-state index contributed by atoms with van der Waals surface area (Å²) in [5.41, 5.74) is -0.364. The molecular weight excluding hydrogens is 218 g/mol. The van der Waals surface area contributed by atoms with Crippen molar-refractivity contribution in [2.75, 3.05) is 13.2 Å². The topological polar surface area (TPSA) is 60.2 Å². The van der Waals surface area contributed by atoms with Gasteiger partial charge in [-0.1, -0.05) is 13.8 Å². The first-order valence-electron chi connectivity index (χ1n) is 6.30. The molecule has 96 valence electrons. The van der Waals surface area contributed by atoms with Gasteiger partial charge in [-0.05, 0) is 19.8 Å². The van der Waals surface area contributed by atoms with E-state index in [4.69, 9.17) is 9.15 Å². The zero-order valence-corrected chi connectivity index (χ0v) is 10.8. The van der Waals surface area contributed by atoms with Crippen LogP contribution in [0.4, 0.5) is 0 Å². The molecule has 5 nitrogen and oxygen atoms in total. The van der Waals surface area contributed by atoms with Crippen molar-refractivity contribution in [2.45, 2.75) is 51.7 Å². The van der Waals surface area contributed by atoms with E-state index in [2.05, 4.69) is 29.4 Å². The summed E-state index contributed by atoms with van der Waals surface area (Å²) in [6, 6.07) is 0.480. The van der Waals surface area contributed by atoms with Crippen LogP contribution >= 0.6 is 0 Å². The second-order valence-electron chi connectivity index (χ2n) is 5.04. The molecule has 1 aromatic heterocycles. The van der Waals surface area contributed by atoms with Crippen LogP contribution < -0.4 is 5.32 Å². The van der Waals surface area contributed by atoms with E-state index in [1.165, 1.54) is 0 Å². The van der Waals surface area contributed by atoms with Crippen LogP contribution in [-0.4, -0.2) is 29.4 Å². The van der Waals surface area contributed by atoms with Crippen molar-refractivity contribution in [3.05, 3.63) is 11.8 Å². The molecule has 1 aliphatic heterocycles. The normalized spacial score (nSPS) is 24.7. The average Bonchev–Trinajstić information content (AvgIpc) is 2.87. The van der Waals surface area contributed by atoms with Gasteiger partial charge in [0, 0.05) is 25.6 Å². The van der Waals surface area contributed by atoms with E-state index in [0.29, 0.717) is 17.8 Å². The predicted molar refractivity (Wildman–Crippen MR) is 63.7 cm³/mol. The fourth-order valence-electron chi connectivity index (χ4n) is 1.98. The zero-order chi connectivity index (χ0) is 12.3. The van der Waals surface area contributed by atoms with Gasteiger partial charge in [-0.2, -0.15) is 0 Å². The van der Waals surface area contributed by atoms with Crippen molar-refractivity contribution in [3.63, 3.8) is 0 Å². The Kier molecular flexibility index (Phi) is 3.79. The van der Waals surface area contributed by atoms with Gasteiger partial charge in [0.1, 0.15) is 5.60 Å². The van der Waals surface area contributed by atoms with Crippen molar-refractivity contribution in [1.82, 2.24) is 15.5 Å². The molecule has 0 spiro atoms. The number of ether oxygens (including phenoxy) is 1. The van der Waals surface area contributed by atoms with Crippen LogP contribution in [-0.2, 0) is 16.8 Å². The molecular formula is C12H21N3O2. The molecule has 1 N–H and O–H groups in total. The smallest absolute Gasteiger partial charge is 0.247 e. The van der Waals surface area contributed by atoms with Crippen LogP contribution in [0.1, 0.15) is 45.4 Å². The molecule has 2 heterocycles. The van der Waals surface area contributed by atoms with E-state index in [1.54, 1.807) is 0 Å². The molecule has 1 unspecified atom stereocenters. The Morgan fingerprint density at radius 1 is 1.41 bits per heavy atom. The quantitative estimate of drug-likeness (QED) is 0.846. The first kappa shape index (κ1) is 12.5. The molecule has 0 bridgehead atoms. The van der Waals surface area contributed by atoms with E-state index >= 15 is 0 Å². The van der Waals surface area contributed by atoms with Gasteiger partial charge >= 0.3 is 0 Å². The largest absolute Gasteiger partial charge is 0.422 e. The van der Waals surface area contributed by atoms with Crippen molar-refractivity contribution in [1.29, 1.82) is 0 Å². The summed E-state index contributed by atoms with van der Waals surface area (Å²) >= 11 is 0. The van der Waals surface area contributed by atoms with Crippen LogP contribution in [0.5, 0.6) is 0 Å². The van der Waals surface area contributed by atoms with Crippen LogP contribution in [0.2, 0.25) is 0 Å². The van der Waals surface area contributed by atoms with E-state index in [9.17, 15) is 0 Å². The summed E-state index contributed by atoms with van der Waals surface area (Å²) in [5.74, 6) is 1.31. The Morgan fingerprint density at radius 3 is 2.88 bits per heavy atom. The maximum Gasteiger partial charge on any atom is 0.247 e. The van der Waals surface area contributed by atoms with Crippen LogP contribution in [0, 0.1) is 0 Å². The predicted octanol–water partition coefficient (Wildman–Crippen LogP) is 1.64. The van der Waals surface area contributed by atoms with Gasteiger partial charge in [0.05, 0.1) is 0 Å². The molecule has 0 aliphatic carbocycles. The molecule has 1 aromatic rings. The fraction of sp³-hybridized carbons (Fsp3) is 0.833. The Labute approximate surface area is 102 Å². The fourth-order valence-corrected chi connectivity index (χ4v) is 1.98. The lowest BCUT2D eigenvalue weighted by Gasteiger charge is -2.17. The van der Waals surface area contributed by atoms with Crippen molar-refractivity contribution < 1.29 is 9.15 Å².